The van der Waals surface area contributed by atoms with Crippen LogP contribution in [0.15, 0.2) is 36.0 Å². The molecule has 0 aromatic carbocycles. The zero-order chi connectivity index (χ0) is 36.2. The first-order valence-electron chi connectivity index (χ1n) is 17.7. The molecule has 11 heteroatoms. The zero-order valence-electron chi connectivity index (χ0n) is 30.8. The van der Waals surface area contributed by atoms with E-state index < -0.39 is 53.8 Å². The lowest BCUT2D eigenvalue weighted by Crippen LogP contribution is -2.51. The van der Waals surface area contributed by atoms with Gasteiger partial charge in [0.25, 0.3) is 0 Å². The second-order valence-corrected chi connectivity index (χ2v) is 14.5. The quantitative estimate of drug-likeness (QED) is 0.134. The third-order valence-electron chi connectivity index (χ3n) is 10.1. The minimum atomic E-state index is -1.33. The Balaban J connectivity index is 2.32. The van der Waals surface area contributed by atoms with Gasteiger partial charge < -0.3 is 44.4 Å². The number of cyclic esters (lactones) is 1. The highest BCUT2D eigenvalue weighted by molar-refractivity contribution is 5.70. The Kier molecular flexibility index (Phi) is 16.8. The van der Waals surface area contributed by atoms with E-state index in [0.29, 0.717) is 38.1 Å². The molecule has 1 saturated heterocycles. The Morgan fingerprint density at radius 2 is 1.77 bits per heavy atom. The number of aliphatic hydroxyl groups excluding tert-OH is 3. The zero-order valence-corrected chi connectivity index (χ0v) is 30.8. The smallest absolute Gasteiger partial charge is 0.410 e. The molecule has 2 heterocycles. The van der Waals surface area contributed by atoms with Crippen LogP contribution in [0.1, 0.15) is 87.5 Å². The van der Waals surface area contributed by atoms with Gasteiger partial charge in [-0.25, -0.2) is 4.79 Å². The van der Waals surface area contributed by atoms with Crippen molar-refractivity contribution in [3.8, 4) is 0 Å². The summed E-state index contributed by atoms with van der Waals surface area (Å²) in [6, 6.07) is 0. The van der Waals surface area contributed by atoms with E-state index in [2.05, 4.69) is 4.90 Å². The van der Waals surface area contributed by atoms with Crippen molar-refractivity contribution in [2.75, 3.05) is 39.8 Å². The normalized spacial score (nSPS) is 30.8. The Hall–Kier alpha value is -2.28. The highest BCUT2D eigenvalue weighted by Gasteiger charge is 2.39. The molecule has 10 unspecified atom stereocenters. The number of likely N-dealkylation sites (N-methyl/N-ethyl adjacent to an activating group) is 1. The predicted molar refractivity (Wildman–Crippen MR) is 186 cm³/mol. The fourth-order valence-electron chi connectivity index (χ4n) is 6.35. The van der Waals surface area contributed by atoms with Crippen molar-refractivity contribution < 1.29 is 44.2 Å². The van der Waals surface area contributed by atoms with Gasteiger partial charge in [-0.2, -0.15) is 0 Å². The summed E-state index contributed by atoms with van der Waals surface area (Å²) in [5.74, 6) is -1.23. The van der Waals surface area contributed by atoms with Gasteiger partial charge in [0.05, 0.1) is 30.3 Å². The summed E-state index contributed by atoms with van der Waals surface area (Å²) in [6.45, 7) is 17.8. The molecule has 2 rings (SSSR count). The summed E-state index contributed by atoms with van der Waals surface area (Å²) < 4.78 is 18.2. The molecule has 0 aromatic rings. The van der Waals surface area contributed by atoms with Crippen LogP contribution in [0.2, 0.25) is 0 Å². The minimum absolute atomic E-state index is 0.0839. The summed E-state index contributed by atoms with van der Waals surface area (Å²) in [6.07, 6.45) is 5.57. The molecule has 11 nitrogen and oxygen atoms in total. The molecule has 276 valence electrons. The SMILES string of the molecule is CCOC1(C)CCC(O)CC(=O)OC(C(C)=CC=CC(C)(O)CC(O)C(C)C(C)C(O)CC)C(C)C=CC1OC(=O)N1CCN(C)CC1. The fourth-order valence-corrected chi connectivity index (χ4v) is 6.35. The van der Waals surface area contributed by atoms with Crippen LogP contribution in [0.5, 0.6) is 0 Å². The number of allylic oxidation sites excluding steroid dienone is 2. The van der Waals surface area contributed by atoms with E-state index in [1.165, 1.54) is 0 Å². The molecule has 0 aliphatic carbocycles. The largest absolute Gasteiger partial charge is 0.457 e. The first kappa shape index (κ1) is 41.9. The lowest BCUT2D eigenvalue weighted by Gasteiger charge is -2.38. The Morgan fingerprint density at radius 3 is 2.38 bits per heavy atom. The van der Waals surface area contributed by atoms with Crippen molar-refractivity contribution in [3.05, 3.63) is 36.0 Å². The van der Waals surface area contributed by atoms with Gasteiger partial charge in [0.1, 0.15) is 11.7 Å². The molecule has 0 aromatic heterocycles. The van der Waals surface area contributed by atoms with Gasteiger partial charge in [-0.15, -0.1) is 0 Å². The van der Waals surface area contributed by atoms with Crippen molar-refractivity contribution in [3.63, 3.8) is 0 Å². The molecule has 0 spiro atoms. The third kappa shape index (κ3) is 12.9. The number of esters is 1. The lowest BCUT2D eigenvalue weighted by atomic mass is 9.81. The van der Waals surface area contributed by atoms with Crippen molar-refractivity contribution in [1.29, 1.82) is 0 Å². The number of hydrogen-bond donors (Lipinski definition) is 4. The van der Waals surface area contributed by atoms with Gasteiger partial charge in [0.2, 0.25) is 0 Å². The molecular formula is C37H64N2O9. The fraction of sp³-hybridized carbons (Fsp3) is 0.784. The third-order valence-corrected chi connectivity index (χ3v) is 10.1. The van der Waals surface area contributed by atoms with Crippen LogP contribution in [-0.4, -0.2) is 124 Å². The number of piperazine rings is 1. The van der Waals surface area contributed by atoms with Crippen molar-refractivity contribution in [2.45, 2.75) is 129 Å². The number of ether oxygens (including phenoxy) is 3. The van der Waals surface area contributed by atoms with Gasteiger partial charge in [0.15, 0.2) is 6.10 Å². The molecule has 1 fully saturated rings. The second-order valence-electron chi connectivity index (χ2n) is 14.5. The van der Waals surface area contributed by atoms with Crippen molar-refractivity contribution >= 4 is 12.1 Å². The molecule has 1 amide bonds. The van der Waals surface area contributed by atoms with Crippen LogP contribution in [0.4, 0.5) is 4.79 Å². The van der Waals surface area contributed by atoms with E-state index in [-0.39, 0.29) is 37.0 Å². The predicted octanol–water partition coefficient (Wildman–Crippen LogP) is 4.23. The molecule has 2 aliphatic rings. The Morgan fingerprint density at radius 1 is 1.15 bits per heavy atom. The van der Waals surface area contributed by atoms with Gasteiger partial charge in [-0.05, 0) is 77.5 Å². The van der Waals surface area contributed by atoms with Gasteiger partial charge in [0, 0.05) is 45.1 Å². The highest BCUT2D eigenvalue weighted by Crippen LogP contribution is 2.31. The number of nitrogens with zero attached hydrogens (tertiary/aromatic N) is 2. The number of aliphatic hydroxyl groups is 4. The van der Waals surface area contributed by atoms with Gasteiger partial charge in [-0.1, -0.05) is 52.0 Å². The number of rotatable bonds is 12. The Labute approximate surface area is 288 Å². The summed E-state index contributed by atoms with van der Waals surface area (Å²) in [5.41, 5.74) is -1.57. The van der Waals surface area contributed by atoms with E-state index in [0.717, 1.165) is 13.1 Å². The summed E-state index contributed by atoms with van der Waals surface area (Å²) in [4.78, 5) is 30.1. The van der Waals surface area contributed by atoms with E-state index in [9.17, 15) is 30.0 Å². The summed E-state index contributed by atoms with van der Waals surface area (Å²) in [7, 11) is 2.02. The van der Waals surface area contributed by atoms with Crippen LogP contribution in [0.25, 0.3) is 0 Å². The molecular weight excluding hydrogens is 616 g/mol. The molecule has 0 bridgehead atoms. The van der Waals surface area contributed by atoms with Crippen LogP contribution >= 0.6 is 0 Å². The lowest BCUT2D eigenvalue weighted by molar-refractivity contribution is -0.152. The van der Waals surface area contributed by atoms with E-state index >= 15 is 0 Å². The van der Waals surface area contributed by atoms with Crippen molar-refractivity contribution in [1.82, 2.24) is 9.80 Å². The molecule has 0 saturated carbocycles. The van der Waals surface area contributed by atoms with E-state index in [1.54, 1.807) is 36.1 Å². The number of hydrogen-bond acceptors (Lipinski definition) is 10. The maximum Gasteiger partial charge on any atom is 0.410 e. The van der Waals surface area contributed by atoms with E-state index in [4.69, 9.17) is 14.2 Å². The molecule has 10 atom stereocenters. The van der Waals surface area contributed by atoms with Gasteiger partial charge in [-0.3, -0.25) is 4.79 Å². The average Bonchev–Trinajstić information content (AvgIpc) is 3.02. The van der Waals surface area contributed by atoms with Crippen LogP contribution < -0.4 is 0 Å². The van der Waals surface area contributed by atoms with Crippen LogP contribution in [-0.2, 0) is 19.0 Å². The standard InChI is InChI=1S/C37H64N2O9/c1-10-30(41)27(5)28(6)31(42)24-36(7,45)17-12-13-25(3)34-26(4)14-15-32(47-35(44)39-21-19-38(9)20-22-39)37(8,46-11-2)18-16-29(40)23-33(43)48-34/h12-15,17,26-32,34,40-42,45H,10-11,16,18-24H2,1-9H3. The topological polar surface area (TPSA) is 149 Å². The number of carbonyl (C=O) groups excluding carboxylic acids is 2. The van der Waals surface area contributed by atoms with Gasteiger partial charge >= 0.3 is 12.1 Å². The molecule has 0 radical (unpaired) electrons. The summed E-state index contributed by atoms with van der Waals surface area (Å²) in [5, 5.41) is 42.8. The molecule has 48 heavy (non-hydrogen) atoms. The van der Waals surface area contributed by atoms with Crippen LogP contribution in [0, 0.1) is 17.8 Å². The monoisotopic (exact) mass is 680 g/mol. The van der Waals surface area contributed by atoms with E-state index in [1.807, 2.05) is 61.6 Å². The maximum absolute atomic E-state index is 13.3. The van der Waals surface area contributed by atoms with Crippen LogP contribution in [0.3, 0.4) is 0 Å². The second kappa shape index (κ2) is 19.2. The number of amides is 1. The number of carbonyl (C=O) groups is 2. The molecule has 4 N–H and O–H groups in total. The summed E-state index contributed by atoms with van der Waals surface area (Å²) >= 11 is 0. The average molecular weight is 681 g/mol. The maximum atomic E-state index is 13.3. The Bertz CT molecular complexity index is 1100. The first-order chi connectivity index (χ1) is 22.4. The van der Waals surface area contributed by atoms with Crippen molar-refractivity contribution in [2.24, 2.45) is 17.8 Å². The molecule has 2 aliphatic heterocycles. The first-order valence-corrected chi connectivity index (χ1v) is 17.7. The minimum Gasteiger partial charge on any atom is -0.457 e. The highest BCUT2D eigenvalue weighted by atomic mass is 16.6.